The molecule has 0 unspecified atom stereocenters. The minimum Gasteiger partial charge on any atom is -0.354 e. The molecule has 3 rings (SSSR count). The summed E-state index contributed by atoms with van der Waals surface area (Å²) in [6.07, 6.45) is 1.23. The van der Waals surface area contributed by atoms with E-state index in [1.165, 1.54) is 34.5 Å². The molecule has 0 bridgehead atoms. The first-order chi connectivity index (χ1) is 18.7. The number of hydrogen-bond acceptors (Lipinski definition) is 4. The van der Waals surface area contributed by atoms with Crippen LogP contribution in [0.5, 0.6) is 0 Å². The van der Waals surface area contributed by atoms with Crippen LogP contribution in [0.3, 0.4) is 0 Å². The van der Waals surface area contributed by atoms with E-state index in [2.05, 4.69) is 5.32 Å². The standard InChI is InChI=1S/C30H36FN3O4S/c1-3-20-32-30(36)28(22-24-13-6-4-7-14-24)34(23-25-15-10-11-18-27(25)31)29(35)19-12-21-33(2)39(37,38)26-16-8-5-9-17-26/h4-11,13-18,28H,3,12,19-23H2,1-2H3,(H,32,36)/t28-/m0/s1. The molecule has 7 nitrogen and oxygen atoms in total. The molecule has 0 aromatic heterocycles. The van der Waals surface area contributed by atoms with Gasteiger partial charge in [-0.1, -0.05) is 73.7 Å². The van der Waals surface area contributed by atoms with Crippen molar-refractivity contribution in [2.24, 2.45) is 0 Å². The molecule has 208 valence electrons. The lowest BCUT2D eigenvalue weighted by Crippen LogP contribution is -2.50. The van der Waals surface area contributed by atoms with Gasteiger partial charge in [0.1, 0.15) is 11.9 Å². The van der Waals surface area contributed by atoms with E-state index in [1.54, 1.807) is 36.4 Å². The molecule has 0 radical (unpaired) electrons. The first kappa shape index (κ1) is 30.0. The quantitative estimate of drug-likeness (QED) is 0.321. The van der Waals surface area contributed by atoms with Crippen LogP contribution in [-0.4, -0.2) is 55.6 Å². The van der Waals surface area contributed by atoms with E-state index in [0.717, 1.165) is 12.0 Å². The highest BCUT2D eigenvalue weighted by Gasteiger charge is 2.31. The average molecular weight is 554 g/mol. The van der Waals surface area contributed by atoms with Gasteiger partial charge in [-0.15, -0.1) is 0 Å². The third-order valence-corrected chi connectivity index (χ3v) is 8.30. The van der Waals surface area contributed by atoms with Crippen LogP contribution in [0.1, 0.15) is 37.3 Å². The number of hydrogen-bond donors (Lipinski definition) is 1. The number of benzene rings is 3. The second kappa shape index (κ2) is 14.6. The number of amides is 2. The van der Waals surface area contributed by atoms with Crippen molar-refractivity contribution >= 4 is 21.8 Å². The van der Waals surface area contributed by atoms with Gasteiger partial charge in [0.25, 0.3) is 0 Å². The molecular weight excluding hydrogens is 517 g/mol. The van der Waals surface area contributed by atoms with Crippen LogP contribution in [0, 0.1) is 5.82 Å². The molecule has 0 heterocycles. The molecule has 9 heteroatoms. The van der Waals surface area contributed by atoms with Gasteiger partial charge in [-0.05, 0) is 36.6 Å². The van der Waals surface area contributed by atoms with Crippen LogP contribution < -0.4 is 5.32 Å². The molecule has 0 saturated carbocycles. The summed E-state index contributed by atoms with van der Waals surface area (Å²) in [5.74, 6) is -1.12. The van der Waals surface area contributed by atoms with Crippen LogP contribution in [0.4, 0.5) is 4.39 Å². The Balaban J connectivity index is 1.82. The smallest absolute Gasteiger partial charge is 0.243 e. The third kappa shape index (κ3) is 8.46. The number of nitrogens with one attached hydrogen (secondary N) is 1. The molecule has 0 fully saturated rings. The second-order valence-electron chi connectivity index (χ2n) is 9.35. The van der Waals surface area contributed by atoms with Crippen LogP contribution in [0.15, 0.2) is 89.8 Å². The highest BCUT2D eigenvalue weighted by Crippen LogP contribution is 2.19. The number of carbonyl (C=O) groups is 2. The van der Waals surface area contributed by atoms with Crippen LogP contribution in [-0.2, 0) is 32.6 Å². The van der Waals surface area contributed by atoms with Crippen molar-refractivity contribution in [2.45, 2.75) is 50.1 Å². The average Bonchev–Trinajstić information content (AvgIpc) is 2.95. The lowest BCUT2D eigenvalue weighted by molar-refractivity contribution is -0.141. The van der Waals surface area contributed by atoms with Gasteiger partial charge in [0, 0.05) is 45.1 Å². The maximum Gasteiger partial charge on any atom is 0.243 e. The zero-order chi connectivity index (χ0) is 28.3. The van der Waals surface area contributed by atoms with E-state index < -0.39 is 21.9 Å². The van der Waals surface area contributed by atoms with Gasteiger partial charge in [-0.2, -0.15) is 0 Å². The second-order valence-corrected chi connectivity index (χ2v) is 11.4. The van der Waals surface area contributed by atoms with Crippen molar-refractivity contribution in [2.75, 3.05) is 20.1 Å². The molecule has 3 aromatic rings. The third-order valence-electron chi connectivity index (χ3n) is 6.43. The van der Waals surface area contributed by atoms with Gasteiger partial charge >= 0.3 is 0 Å². The fraction of sp³-hybridized carbons (Fsp3) is 0.333. The highest BCUT2D eigenvalue weighted by atomic mass is 32.2. The van der Waals surface area contributed by atoms with Crippen LogP contribution in [0.25, 0.3) is 0 Å². The first-order valence-electron chi connectivity index (χ1n) is 13.1. The molecule has 0 aliphatic carbocycles. The van der Waals surface area contributed by atoms with Crippen LogP contribution in [0.2, 0.25) is 0 Å². The fourth-order valence-electron chi connectivity index (χ4n) is 4.22. The van der Waals surface area contributed by atoms with E-state index in [9.17, 15) is 22.4 Å². The molecule has 0 spiro atoms. The van der Waals surface area contributed by atoms with E-state index >= 15 is 0 Å². The Labute approximate surface area is 230 Å². The van der Waals surface area contributed by atoms with Gasteiger partial charge in [0.15, 0.2) is 0 Å². The number of halogens is 1. The van der Waals surface area contributed by atoms with Crippen molar-refractivity contribution in [3.63, 3.8) is 0 Å². The molecule has 0 aliphatic heterocycles. The predicted molar refractivity (Wildman–Crippen MR) is 150 cm³/mol. The first-order valence-corrected chi connectivity index (χ1v) is 14.5. The number of rotatable bonds is 14. The minimum absolute atomic E-state index is 0.00451. The van der Waals surface area contributed by atoms with Crippen molar-refractivity contribution < 1.29 is 22.4 Å². The van der Waals surface area contributed by atoms with Crippen molar-refractivity contribution in [1.82, 2.24) is 14.5 Å². The van der Waals surface area contributed by atoms with Gasteiger partial charge in [0.2, 0.25) is 21.8 Å². The number of sulfonamides is 1. The Kier molecular flexibility index (Phi) is 11.2. The summed E-state index contributed by atoms with van der Waals surface area (Å²) in [5, 5.41) is 2.89. The molecule has 2 amide bonds. The van der Waals surface area contributed by atoms with E-state index in [4.69, 9.17) is 0 Å². The summed E-state index contributed by atoms with van der Waals surface area (Å²) in [7, 11) is -2.22. The maximum absolute atomic E-state index is 14.6. The SMILES string of the molecule is CCCNC(=O)[C@H](Cc1ccccc1)N(Cc1ccccc1F)C(=O)CCCN(C)S(=O)(=O)c1ccccc1. The zero-order valence-corrected chi connectivity index (χ0v) is 23.2. The summed E-state index contributed by atoms with van der Waals surface area (Å²) in [6, 6.07) is 22.8. The van der Waals surface area contributed by atoms with E-state index in [-0.39, 0.29) is 49.1 Å². The molecule has 0 saturated heterocycles. The largest absolute Gasteiger partial charge is 0.354 e. The molecule has 1 atom stereocenters. The summed E-state index contributed by atoms with van der Waals surface area (Å²) >= 11 is 0. The normalized spacial score (nSPS) is 12.2. The van der Waals surface area contributed by atoms with Gasteiger partial charge in [0.05, 0.1) is 4.90 Å². The predicted octanol–water partition coefficient (Wildman–Crippen LogP) is 4.39. The Hall–Kier alpha value is -3.56. The van der Waals surface area contributed by atoms with Crippen molar-refractivity contribution in [1.29, 1.82) is 0 Å². The van der Waals surface area contributed by atoms with Crippen molar-refractivity contribution in [3.8, 4) is 0 Å². The summed E-state index contributed by atoms with van der Waals surface area (Å²) < 4.78 is 41.6. The monoisotopic (exact) mass is 553 g/mol. The highest BCUT2D eigenvalue weighted by molar-refractivity contribution is 7.89. The van der Waals surface area contributed by atoms with Gasteiger partial charge in [-0.25, -0.2) is 17.1 Å². The Morgan fingerprint density at radius 3 is 2.18 bits per heavy atom. The van der Waals surface area contributed by atoms with Gasteiger partial charge in [-0.3, -0.25) is 9.59 Å². The maximum atomic E-state index is 14.6. The van der Waals surface area contributed by atoms with E-state index in [1.807, 2.05) is 37.3 Å². The van der Waals surface area contributed by atoms with E-state index in [0.29, 0.717) is 12.1 Å². The molecule has 39 heavy (non-hydrogen) atoms. The minimum atomic E-state index is -3.70. The number of carbonyl (C=O) groups excluding carboxylic acids is 2. The lowest BCUT2D eigenvalue weighted by atomic mass is 10.0. The molecule has 3 aromatic carbocycles. The zero-order valence-electron chi connectivity index (χ0n) is 22.4. The molecule has 1 N–H and O–H groups in total. The summed E-state index contributed by atoms with van der Waals surface area (Å²) in [5.41, 5.74) is 1.17. The Bertz CT molecular complexity index is 1320. The van der Waals surface area contributed by atoms with Crippen molar-refractivity contribution in [3.05, 3.63) is 102 Å². The summed E-state index contributed by atoms with van der Waals surface area (Å²) in [6.45, 7) is 2.42. The fourth-order valence-corrected chi connectivity index (χ4v) is 5.45. The summed E-state index contributed by atoms with van der Waals surface area (Å²) in [4.78, 5) is 28.5. The topological polar surface area (TPSA) is 86.8 Å². The molecular formula is C30H36FN3O4S. The number of nitrogens with zero attached hydrogens (tertiary/aromatic N) is 2. The lowest BCUT2D eigenvalue weighted by Gasteiger charge is -2.32. The Morgan fingerprint density at radius 2 is 1.54 bits per heavy atom. The van der Waals surface area contributed by atoms with Crippen LogP contribution >= 0.6 is 0 Å². The molecule has 0 aliphatic rings. The Morgan fingerprint density at radius 1 is 0.923 bits per heavy atom. The van der Waals surface area contributed by atoms with Gasteiger partial charge < -0.3 is 10.2 Å².